The maximum Gasteiger partial charge on any atom is 0.246 e. The highest BCUT2D eigenvalue weighted by molar-refractivity contribution is 5.90. The highest BCUT2D eigenvalue weighted by Gasteiger charge is 2.47. The van der Waals surface area contributed by atoms with Crippen LogP contribution in [0, 0.1) is 11.3 Å². The van der Waals surface area contributed by atoms with Crippen LogP contribution in [0.4, 0.5) is 0 Å². The topological polar surface area (TPSA) is 91.3 Å². The van der Waals surface area contributed by atoms with E-state index in [0.29, 0.717) is 5.92 Å². The van der Waals surface area contributed by atoms with Gasteiger partial charge in [-0.05, 0) is 24.5 Å². The summed E-state index contributed by atoms with van der Waals surface area (Å²) in [5, 5.41) is 12.7. The number of aliphatic hydroxyl groups excluding tert-OH is 1. The van der Waals surface area contributed by atoms with E-state index in [1.165, 1.54) is 4.90 Å². The van der Waals surface area contributed by atoms with Crippen LogP contribution in [-0.2, 0) is 19.1 Å². The lowest BCUT2D eigenvalue weighted by molar-refractivity contribution is -0.264. The van der Waals surface area contributed by atoms with Crippen molar-refractivity contribution in [2.75, 3.05) is 34.9 Å². The molecule has 0 aromatic heterocycles. The predicted molar refractivity (Wildman–Crippen MR) is 126 cm³/mol. The first-order chi connectivity index (χ1) is 14.9. The standard InChI is InChI=1S/C22H39N3O5.C2H4/c1-14(15-10-22(11-15,29-7)30-8)12-24(6)18(21(2,3)4)20(28)25-13-16(26)9-17(25)19(27)23-5;1-2/h12,15-18,26H,9-11,13H2,1-8H3,(H,23,27);1-2H2/b14-12+;/t16-,17+,18-;/m1./s1. The third-order valence-corrected chi connectivity index (χ3v) is 6.48. The number of carbonyl (C=O) groups excluding carboxylic acids is 2. The molecule has 1 saturated carbocycles. The number of hydrogen-bond acceptors (Lipinski definition) is 6. The van der Waals surface area contributed by atoms with Gasteiger partial charge in [0, 0.05) is 54.1 Å². The lowest BCUT2D eigenvalue weighted by Crippen LogP contribution is -2.56. The summed E-state index contributed by atoms with van der Waals surface area (Å²) in [5.74, 6) is -0.567. The summed E-state index contributed by atoms with van der Waals surface area (Å²) < 4.78 is 11.0. The minimum atomic E-state index is -0.689. The van der Waals surface area contributed by atoms with Crippen molar-refractivity contribution in [3.05, 3.63) is 24.9 Å². The molecule has 1 aliphatic heterocycles. The van der Waals surface area contributed by atoms with Crippen LogP contribution in [0.1, 0.15) is 47.0 Å². The van der Waals surface area contributed by atoms with Crippen molar-refractivity contribution >= 4 is 11.8 Å². The van der Waals surface area contributed by atoms with Gasteiger partial charge in [-0.1, -0.05) is 26.3 Å². The van der Waals surface area contributed by atoms with Crippen LogP contribution in [0.15, 0.2) is 24.9 Å². The van der Waals surface area contributed by atoms with Gasteiger partial charge in [-0.3, -0.25) is 9.59 Å². The third kappa shape index (κ3) is 6.11. The van der Waals surface area contributed by atoms with Crippen LogP contribution in [0.3, 0.4) is 0 Å². The van der Waals surface area contributed by atoms with E-state index in [4.69, 9.17) is 9.47 Å². The number of ether oxygens (including phenoxy) is 2. The first-order valence-corrected chi connectivity index (χ1v) is 11.1. The van der Waals surface area contributed by atoms with Gasteiger partial charge in [0.05, 0.1) is 6.10 Å². The quantitative estimate of drug-likeness (QED) is 0.453. The van der Waals surface area contributed by atoms with Crippen LogP contribution >= 0.6 is 0 Å². The van der Waals surface area contributed by atoms with Gasteiger partial charge in [-0.2, -0.15) is 0 Å². The van der Waals surface area contributed by atoms with E-state index in [2.05, 4.69) is 25.4 Å². The first-order valence-electron chi connectivity index (χ1n) is 11.1. The number of allylic oxidation sites excluding steroid dienone is 1. The second-order valence-electron chi connectivity index (χ2n) is 9.74. The third-order valence-electron chi connectivity index (χ3n) is 6.48. The Morgan fingerprint density at radius 3 is 2.22 bits per heavy atom. The van der Waals surface area contributed by atoms with Crippen molar-refractivity contribution in [3.8, 4) is 0 Å². The van der Waals surface area contributed by atoms with E-state index in [0.717, 1.165) is 18.4 Å². The molecule has 184 valence electrons. The Labute approximate surface area is 193 Å². The number of amides is 2. The summed E-state index contributed by atoms with van der Waals surface area (Å²) in [6.07, 6.45) is 3.15. The number of hydrogen-bond donors (Lipinski definition) is 2. The zero-order valence-corrected chi connectivity index (χ0v) is 21.1. The monoisotopic (exact) mass is 453 g/mol. The normalized spacial score (nSPS) is 24.2. The maximum absolute atomic E-state index is 13.6. The number of carbonyl (C=O) groups is 2. The summed E-state index contributed by atoms with van der Waals surface area (Å²) in [4.78, 5) is 29.3. The number of nitrogens with one attached hydrogen (secondary N) is 1. The Morgan fingerprint density at radius 2 is 1.78 bits per heavy atom. The summed E-state index contributed by atoms with van der Waals surface area (Å²) >= 11 is 0. The number of methoxy groups -OCH3 is 2. The molecule has 0 radical (unpaired) electrons. The minimum absolute atomic E-state index is 0.143. The lowest BCUT2D eigenvalue weighted by atomic mass is 9.74. The second kappa shape index (κ2) is 11.3. The fraction of sp³-hybridized carbons (Fsp3) is 0.750. The van der Waals surface area contributed by atoms with E-state index in [1.807, 2.05) is 38.9 Å². The lowest BCUT2D eigenvalue weighted by Gasteiger charge is -2.46. The fourth-order valence-corrected chi connectivity index (χ4v) is 4.72. The SMILES string of the molecule is C=C.CNC(=O)[C@@H]1C[C@@H](O)CN1C(=O)[C@@H](N(C)/C=C(\C)C1CC(OC)(OC)C1)C(C)(C)C. The molecule has 0 spiro atoms. The average molecular weight is 454 g/mol. The molecule has 1 heterocycles. The van der Waals surface area contributed by atoms with Crippen LogP contribution < -0.4 is 5.32 Å². The number of likely N-dealkylation sites (tertiary alicyclic amines) is 1. The molecule has 8 heteroatoms. The number of aliphatic hydroxyl groups is 1. The van der Waals surface area contributed by atoms with Gasteiger partial charge in [0.1, 0.15) is 12.1 Å². The molecule has 2 aliphatic rings. The highest BCUT2D eigenvalue weighted by atomic mass is 16.7. The van der Waals surface area contributed by atoms with E-state index in [-0.39, 0.29) is 30.2 Å². The molecule has 0 aromatic carbocycles. The number of likely N-dealkylation sites (N-methyl/N-ethyl adjacent to an activating group) is 2. The minimum Gasteiger partial charge on any atom is -0.391 e. The molecule has 8 nitrogen and oxygen atoms in total. The van der Waals surface area contributed by atoms with Crippen molar-refractivity contribution in [2.24, 2.45) is 11.3 Å². The first kappa shape index (κ1) is 28.1. The van der Waals surface area contributed by atoms with Crippen molar-refractivity contribution in [1.29, 1.82) is 0 Å². The van der Waals surface area contributed by atoms with Crippen molar-refractivity contribution in [3.63, 3.8) is 0 Å². The number of β-amino-alcohol motifs (C(OH)–C–C–N with tert-alkyl or cyclic N) is 1. The van der Waals surface area contributed by atoms with Crippen molar-refractivity contribution < 1.29 is 24.2 Å². The molecule has 0 aromatic rings. The smallest absolute Gasteiger partial charge is 0.246 e. The highest BCUT2D eigenvalue weighted by Crippen LogP contribution is 2.45. The molecule has 2 rings (SSSR count). The fourth-order valence-electron chi connectivity index (χ4n) is 4.72. The number of rotatable bonds is 7. The summed E-state index contributed by atoms with van der Waals surface area (Å²) in [7, 11) is 6.77. The van der Waals surface area contributed by atoms with Gasteiger partial charge in [0.2, 0.25) is 11.8 Å². The molecular formula is C24H43N3O5. The summed E-state index contributed by atoms with van der Waals surface area (Å²) in [6, 6.07) is -1.11. The molecule has 0 bridgehead atoms. The summed E-state index contributed by atoms with van der Waals surface area (Å²) in [6.45, 7) is 14.3. The zero-order valence-electron chi connectivity index (χ0n) is 21.1. The molecule has 2 N–H and O–H groups in total. The van der Waals surface area contributed by atoms with Gasteiger partial charge < -0.3 is 29.7 Å². The molecule has 3 atom stereocenters. The average Bonchev–Trinajstić information content (AvgIpc) is 3.09. The largest absolute Gasteiger partial charge is 0.391 e. The number of nitrogens with zero attached hydrogens (tertiary/aromatic N) is 2. The van der Waals surface area contributed by atoms with Gasteiger partial charge in [0.25, 0.3) is 0 Å². The van der Waals surface area contributed by atoms with Crippen LogP contribution in [0.2, 0.25) is 0 Å². The van der Waals surface area contributed by atoms with Gasteiger partial charge in [-0.25, -0.2) is 0 Å². The van der Waals surface area contributed by atoms with E-state index in [9.17, 15) is 14.7 Å². The van der Waals surface area contributed by atoms with Crippen LogP contribution in [0.5, 0.6) is 0 Å². The Hall–Kier alpha value is -1.90. The van der Waals surface area contributed by atoms with Crippen LogP contribution in [-0.4, -0.2) is 85.6 Å². The Balaban J connectivity index is 0.00000249. The Morgan fingerprint density at radius 1 is 1.25 bits per heavy atom. The molecule has 0 unspecified atom stereocenters. The Bertz CT molecular complexity index is 676. The van der Waals surface area contributed by atoms with Gasteiger partial charge in [0.15, 0.2) is 5.79 Å². The predicted octanol–water partition coefficient (Wildman–Crippen LogP) is 2.15. The zero-order chi connectivity index (χ0) is 24.9. The van der Waals surface area contributed by atoms with Gasteiger partial charge >= 0.3 is 0 Å². The molecule has 1 saturated heterocycles. The van der Waals surface area contributed by atoms with Crippen molar-refractivity contribution in [2.45, 2.75) is 70.9 Å². The molecule has 2 fully saturated rings. The molecule has 2 amide bonds. The molecule has 32 heavy (non-hydrogen) atoms. The van der Waals surface area contributed by atoms with E-state index in [1.54, 1.807) is 21.3 Å². The van der Waals surface area contributed by atoms with Crippen LogP contribution in [0.25, 0.3) is 0 Å². The van der Waals surface area contributed by atoms with E-state index >= 15 is 0 Å². The second-order valence-corrected chi connectivity index (χ2v) is 9.74. The van der Waals surface area contributed by atoms with Crippen molar-refractivity contribution in [1.82, 2.24) is 15.1 Å². The molecular weight excluding hydrogens is 410 g/mol. The maximum atomic E-state index is 13.6. The summed E-state index contributed by atoms with van der Waals surface area (Å²) in [5.41, 5.74) is 0.792. The Kier molecular flexibility index (Phi) is 9.93. The van der Waals surface area contributed by atoms with E-state index < -0.39 is 24.0 Å². The van der Waals surface area contributed by atoms with Gasteiger partial charge in [-0.15, -0.1) is 13.2 Å². The molecule has 1 aliphatic carbocycles.